The second-order valence-electron chi connectivity index (χ2n) is 2.28. The molecule has 0 aromatic carbocycles. The fraction of sp³-hybridized carbons (Fsp3) is 1.00. The summed E-state index contributed by atoms with van der Waals surface area (Å²) in [6.07, 6.45) is 1.57. The molecule has 0 aliphatic carbocycles. The van der Waals surface area contributed by atoms with Crippen LogP contribution in [0.15, 0.2) is 0 Å². The van der Waals surface area contributed by atoms with E-state index >= 15 is 0 Å². The average Bonchev–Trinajstić information content (AvgIpc) is 2.66. The highest BCUT2D eigenvalue weighted by Crippen LogP contribution is 2.16. The van der Waals surface area contributed by atoms with Gasteiger partial charge in [-0.25, -0.2) is 0 Å². The van der Waals surface area contributed by atoms with E-state index in [1.165, 1.54) is 0 Å². The second kappa shape index (κ2) is 3.15. The molecule has 1 heterocycles. The van der Waals surface area contributed by atoms with Crippen LogP contribution in [0.3, 0.4) is 0 Å². The SMILES string of the molecule is COC(CN)CC1CO1. The highest BCUT2D eigenvalue weighted by Gasteiger charge is 2.25. The van der Waals surface area contributed by atoms with Crippen molar-refractivity contribution in [3.05, 3.63) is 0 Å². The summed E-state index contributed by atoms with van der Waals surface area (Å²) in [7, 11) is 1.68. The normalized spacial score (nSPS) is 28.0. The first-order valence-electron chi connectivity index (χ1n) is 3.21. The number of rotatable bonds is 4. The van der Waals surface area contributed by atoms with Gasteiger partial charge in [-0.2, -0.15) is 0 Å². The Morgan fingerprint density at radius 3 is 2.89 bits per heavy atom. The minimum atomic E-state index is 0.192. The molecule has 0 aromatic rings. The molecule has 9 heavy (non-hydrogen) atoms. The second-order valence-corrected chi connectivity index (χ2v) is 2.28. The van der Waals surface area contributed by atoms with E-state index in [1.54, 1.807) is 7.11 Å². The fourth-order valence-electron chi connectivity index (χ4n) is 0.786. The van der Waals surface area contributed by atoms with Crippen LogP contribution in [0, 0.1) is 0 Å². The standard InChI is InChI=1S/C6H13NO2/c1-8-5(3-7)2-6-4-9-6/h5-6H,2-4,7H2,1H3. The monoisotopic (exact) mass is 131 g/mol. The van der Waals surface area contributed by atoms with Gasteiger partial charge in [-0.05, 0) is 0 Å². The van der Waals surface area contributed by atoms with Gasteiger partial charge in [0.2, 0.25) is 0 Å². The lowest BCUT2D eigenvalue weighted by atomic mass is 10.2. The lowest BCUT2D eigenvalue weighted by molar-refractivity contribution is 0.0945. The quantitative estimate of drug-likeness (QED) is 0.535. The van der Waals surface area contributed by atoms with Crippen LogP contribution in [-0.4, -0.2) is 32.5 Å². The van der Waals surface area contributed by atoms with Gasteiger partial charge in [0.1, 0.15) is 0 Å². The molecule has 54 valence electrons. The molecule has 0 bridgehead atoms. The van der Waals surface area contributed by atoms with Crippen LogP contribution in [-0.2, 0) is 9.47 Å². The molecule has 1 saturated heterocycles. The molecule has 2 unspecified atom stereocenters. The Morgan fingerprint density at radius 1 is 1.89 bits per heavy atom. The van der Waals surface area contributed by atoms with Crippen molar-refractivity contribution in [1.82, 2.24) is 0 Å². The Bertz CT molecular complexity index is 79.1. The molecule has 2 atom stereocenters. The van der Waals surface area contributed by atoms with Gasteiger partial charge in [0.25, 0.3) is 0 Å². The van der Waals surface area contributed by atoms with E-state index in [9.17, 15) is 0 Å². The molecule has 2 N–H and O–H groups in total. The van der Waals surface area contributed by atoms with Crippen molar-refractivity contribution in [3.63, 3.8) is 0 Å². The van der Waals surface area contributed by atoms with Gasteiger partial charge in [0.05, 0.1) is 18.8 Å². The minimum Gasteiger partial charge on any atom is -0.380 e. The predicted molar refractivity (Wildman–Crippen MR) is 34.2 cm³/mol. The largest absolute Gasteiger partial charge is 0.380 e. The Morgan fingerprint density at radius 2 is 2.56 bits per heavy atom. The molecule has 3 nitrogen and oxygen atoms in total. The third-order valence-corrected chi connectivity index (χ3v) is 1.52. The van der Waals surface area contributed by atoms with Crippen LogP contribution in [0.1, 0.15) is 6.42 Å². The molecule has 0 amide bonds. The van der Waals surface area contributed by atoms with E-state index in [0.717, 1.165) is 13.0 Å². The Balaban J connectivity index is 2.05. The highest BCUT2D eigenvalue weighted by molar-refractivity contribution is 4.74. The number of epoxide rings is 1. The zero-order valence-corrected chi connectivity index (χ0v) is 5.67. The lowest BCUT2D eigenvalue weighted by Crippen LogP contribution is -2.23. The summed E-state index contributed by atoms with van der Waals surface area (Å²) in [5.41, 5.74) is 5.38. The van der Waals surface area contributed by atoms with E-state index in [4.69, 9.17) is 15.2 Å². The Hall–Kier alpha value is -0.120. The first-order valence-corrected chi connectivity index (χ1v) is 3.21. The van der Waals surface area contributed by atoms with Crippen molar-refractivity contribution in [2.45, 2.75) is 18.6 Å². The van der Waals surface area contributed by atoms with E-state index in [0.29, 0.717) is 12.6 Å². The molecule has 0 aromatic heterocycles. The topological polar surface area (TPSA) is 47.8 Å². The molecular formula is C6H13NO2. The molecule has 0 radical (unpaired) electrons. The van der Waals surface area contributed by atoms with Gasteiger partial charge in [-0.3, -0.25) is 0 Å². The maximum atomic E-state index is 5.38. The molecule has 1 fully saturated rings. The summed E-state index contributed by atoms with van der Waals surface area (Å²) < 4.78 is 10.1. The summed E-state index contributed by atoms with van der Waals surface area (Å²) in [6, 6.07) is 0. The predicted octanol–water partition coefficient (Wildman–Crippen LogP) is -0.251. The van der Waals surface area contributed by atoms with Crippen LogP contribution >= 0.6 is 0 Å². The maximum absolute atomic E-state index is 5.38. The molecule has 1 aliphatic rings. The Kier molecular flexibility index (Phi) is 2.45. The van der Waals surface area contributed by atoms with Crippen LogP contribution in [0.2, 0.25) is 0 Å². The first kappa shape index (κ1) is 6.99. The van der Waals surface area contributed by atoms with Crippen LogP contribution in [0.5, 0.6) is 0 Å². The van der Waals surface area contributed by atoms with Crippen molar-refractivity contribution in [3.8, 4) is 0 Å². The number of methoxy groups -OCH3 is 1. The third kappa shape index (κ3) is 2.30. The summed E-state index contributed by atoms with van der Waals surface area (Å²) in [4.78, 5) is 0. The highest BCUT2D eigenvalue weighted by atomic mass is 16.6. The maximum Gasteiger partial charge on any atom is 0.0835 e. The zero-order chi connectivity index (χ0) is 6.69. The van der Waals surface area contributed by atoms with Crippen LogP contribution < -0.4 is 5.73 Å². The van der Waals surface area contributed by atoms with Crippen molar-refractivity contribution in [1.29, 1.82) is 0 Å². The number of ether oxygens (including phenoxy) is 2. The summed E-state index contributed by atoms with van der Waals surface area (Å²) in [6.45, 7) is 1.48. The molecule has 1 aliphatic heterocycles. The van der Waals surface area contributed by atoms with Gasteiger partial charge in [0.15, 0.2) is 0 Å². The van der Waals surface area contributed by atoms with Crippen molar-refractivity contribution in [2.75, 3.05) is 20.3 Å². The van der Waals surface area contributed by atoms with Crippen LogP contribution in [0.25, 0.3) is 0 Å². The van der Waals surface area contributed by atoms with Crippen molar-refractivity contribution in [2.24, 2.45) is 5.73 Å². The lowest BCUT2D eigenvalue weighted by Gasteiger charge is -2.09. The van der Waals surface area contributed by atoms with Crippen molar-refractivity contribution < 1.29 is 9.47 Å². The van der Waals surface area contributed by atoms with Gasteiger partial charge >= 0.3 is 0 Å². The van der Waals surface area contributed by atoms with E-state index < -0.39 is 0 Å². The smallest absolute Gasteiger partial charge is 0.0835 e. The fourth-order valence-corrected chi connectivity index (χ4v) is 0.786. The zero-order valence-electron chi connectivity index (χ0n) is 5.67. The number of hydrogen-bond donors (Lipinski definition) is 1. The molecule has 1 rings (SSSR count). The average molecular weight is 131 g/mol. The van der Waals surface area contributed by atoms with Crippen molar-refractivity contribution >= 4 is 0 Å². The van der Waals surface area contributed by atoms with Gasteiger partial charge in [0, 0.05) is 20.1 Å². The summed E-state index contributed by atoms with van der Waals surface area (Å²) in [5.74, 6) is 0. The molecule has 0 saturated carbocycles. The van der Waals surface area contributed by atoms with E-state index in [-0.39, 0.29) is 6.10 Å². The van der Waals surface area contributed by atoms with Gasteiger partial charge in [-0.1, -0.05) is 0 Å². The number of hydrogen-bond acceptors (Lipinski definition) is 3. The van der Waals surface area contributed by atoms with Crippen LogP contribution in [0.4, 0.5) is 0 Å². The first-order chi connectivity index (χ1) is 4.36. The van der Waals surface area contributed by atoms with Gasteiger partial charge < -0.3 is 15.2 Å². The molecule has 0 spiro atoms. The van der Waals surface area contributed by atoms with E-state index in [2.05, 4.69) is 0 Å². The molecule has 3 heteroatoms. The molecular weight excluding hydrogens is 118 g/mol. The summed E-state index contributed by atoms with van der Waals surface area (Å²) in [5, 5.41) is 0. The summed E-state index contributed by atoms with van der Waals surface area (Å²) >= 11 is 0. The third-order valence-electron chi connectivity index (χ3n) is 1.52. The van der Waals surface area contributed by atoms with Gasteiger partial charge in [-0.15, -0.1) is 0 Å². The minimum absolute atomic E-state index is 0.192. The van der Waals surface area contributed by atoms with E-state index in [1.807, 2.05) is 0 Å². The number of nitrogens with two attached hydrogens (primary N) is 1. The Labute approximate surface area is 55.1 Å².